The molecule has 1 N–H and O–H groups in total. The molecule has 6 heteroatoms. The van der Waals surface area contributed by atoms with E-state index in [0.29, 0.717) is 16.3 Å². The van der Waals surface area contributed by atoms with E-state index in [-0.39, 0.29) is 5.91 Å². The van der Waals surface area contributed by atoms with Crippen LogP contribution < -0.4 is 10.1 Å². The monoisotopic (exact) mass is 404 g/mol. The Labute approximate surface area is 153 Å². The zero-order valence-electron chi connectivity index (χ0n) is 13.3. The average molecular weight is 405 g/mol. The van der Waals surface area contributed by atoms with E-state index in [1.54, 1.807) is 13.0 Å². The molecule has 0 saturated heterocycles. The van der Waals surface area contributed by atoms with Crippen LogP contribution in [0.4, 0.5) is 5.00 Å². The summed E-state index contributed by atoms with van der Waals surface area (Å²) in [7, 11) is 0. The van der Waals surface area contributed by atoms with E-state index in [9.17, 15) is 10.1 Å². The maximum Gasteiger partial charge on any atom is 0.265 e. The van der Waals surface area contributed by atoms with Crippen molar-refractivity contribution in [3.63, 3.8) is 0 Å². The third-order valence-electron chi connectivity index (χ3n) is 4.00. The largest absolute Gasteiger partial charge is 0.481 e. The van der Waals surface area contributed by atoms with Gasteiger partial charge in [0.1, 0.15) is 16.8 Å². The second-order valence-corrected chi connectivity index (χ2v) is 7.75. The molecule has 1 aliphatic rings. The fourth-order valence-corrected chi connectivity index (χ4v) is 4.40. The molecule has 3 rings (SSSR count). The number of ether oxygens (including phenoxy) is 1. The Balaban J connectivity index is 1.73. The molecule has 0 fully saturated rings. The van der Waals surface area contributed by atoms with E-state index >= 15 is 0 Å². The number of hydrogen-bond donors (Lipinski definition) is 1. The SMILES string of the molecule is C[C@@H](Oc1cccc(Br)c1)C(=O)Nc1sc2c(c1C#N)CCCC2. The Kier molecular flexibility index (Phi) is 5.22. The zero-order chi connectivity index (χ0) is 17.1. The molecule has 0 spiro atoms. The Morgan fingerprint density at radius 2 is 2.21 bits per heavy atom. The molecule has 4 nitrogen and oxygen atoms in total. The molecule has 0 bridgehead atoms. The van der Waals surface area contributed by atoms with Gasteiger partial charge in [0.2, 0.25) is 0 Å². The van der Waals surface area contributed by atoms with Crippen LogP contribution in [-0.2, 0) is 17.6 Å². The van der Waals surface area contributed by atoms with Crippen LogP contribution in [0.5, 0.6) is 5.75 Å². The van der Waals surface area contributed by atoms with Crippen molar-refractivity contribution in [2.45, 2.75) is 38.7 Å². The van der Waals surface area contributed by atoms with Crippen molar-refractivity contribution in [2.24, 2.45) is 0 Å². The van der Waals surface area contributed by atoms with Crippen LogP contribution in [0.2, 0.25) is 0 Å². The molecule has 24 heavy (non-hydrogen) atoms. The number of carbonyl (C=O) groups excluding carboxylic acids is 1. The van der Waals surface area contributed by atoms with Crippen molar-refractivity contribution >= 4 is 38.2 Å². The van der Waals surface area contributed by atoms with Gasteiger partial charge in [-0.25, -0.2) is 0 Å². The Hall–Kier alpha value is -1.84. The number of halogens is 1. The number of nitriles is 1. The fourth-order valence-electron chi connectivity index (χ4n) is 2.78. The predicted molar refractivity (Wildman–Crippen MR) is 98.5 cm³/mol. The van der Waals surface area contributed by atoms with Gasteiger partial charge in [0.15, 0.2) is 6.10 Å². The number of fused-ring (bicyclic) bond motifs is 1. The van der Waals surface area contributed by atoms with Gasteiger partial charge in [-0.1, -0.05) is 22.0 Å². The second kappa shape index (κ2) is 7.37. The van der Waals surface area contributed by atoms with Gasteiger partial charge < -0.3 is 10.1 Å². The van der Waals surface area contributed by atoms with Gasteiger partial charge in [-0.15, -0.1) is 11.3 Å². The first-order chi connectivity index (χ1) is 11.6. The maximum absolute atomic E-state index is 12.4. The van der Waals surface area contributed by atoms with Crippen LogP contribution in [0, 0.1) is 11.3 Å². The average Bonchev–Trinajstić information content (AvgIpc) is 2.91. The third-order valence-corrected chi connectivity index (χ3v) is 5.70. The molecule has 1 amide bonds. The molecule has 124 valence electrons. The summed E-state index contributed by atoms with van der Waals surface area (Å²) in [5, 5.41) is 13.0. The smallest absolute Gasteiger partial charge is 0.265 e. The minimum atomic E-state index is -0.648. The lowest BCUT2D eigenvalue weighted by molar-refractivity contribution is -0.122. The summed E-state index contributed by atoms with van der Waals surface area (Å²) < 4.78 is 6.58. The van der Waals surface area contributed by atoms with Crippen molar-refractivity contribution in [3.8, 4) is 11.8 Å². The van der Waals surface area contributed by atoms with Crippen LogP contribution in [0.25, 0.3) is 0 Å². The molecular weight excluding hydrogens is 388 g/mol. The van der Waals surface area contributed by atoms with Crippen LogP contribution in [-0.4, -0.2) is 12.0 Å². The van der Waals surface area contributed by atoms with E-state index < -0.39 is 6.10 Å². The van der Waals surface area contributed by atoms with E-state index in [1.165, 1.54) is 16.2 Å². The molecule has 1 aromatic heterocycles. The summed E-state index contributed by atoms with van der Waals surface area (Å²) in [6.07, 6.45) is 3.52. The number of hydrogen-bond acceptors (Lipinski definition) is 4. The van der Waals surface area contributed by atoms with Crippen LogP contribution in [0.1, 0.15) is 35.8 Å². The molecule has 1 aliphatic carbocycles. The molecule has 1 atom stereocenters. The van der Waals surface area contributed by atoms with Gasteiger partial charge in [-0.2, -0.15) is 5.26 Å². The number of carbonyl (C=O) groups is 1. The number of nitrogens with zero attached hydrogens (tertiary/aromatic N) is 1. The molecule has 1 aromatic carbocycles. The van der Waals surface area contributed by atoms with Gasteiger partial charge >= 0.3 is 0 Å². The number of benzene rings is 1. The Morgan fingerprint density at radius 1 is 1.42 bits per heavy atom. The number of amides is 1. The van der Waals surface area contributed by atoms with E-state index in [2.05, 4.69) is 27.3 Å². The quantitative estimate of drug-likeness (QED) is 0.805. The van der Waals surface area contributed by atoms with Crippen molar-refractivity contribution in [1.29, 1.82) is 5.26 Å². The summed E-state index contributed by atoms with van der Waals surface area (Å²) in [5.41, 5.74) is 1.74. The molecule has 0 unspecified atom stereocenters. The van der Waals surface area contributed by atoms with Crippen molar-refractivity contribution in [2.75, 3.05) is 5.32 Å². The van der Waals surface area contributed by atoms with Gasteiger partial charge in [-0.3, -0.25) is 4.79 Å². The van der Waals surface area contributed by atoms with Gasteiger partial charge in [0.05, 0.1) is 5.56 Å². The molecule has 0 aliphatic heterocycles. The summed E-state index contributed by atoms with van der Waals surface area (Å²) >= 11 is 4.90. The predicted octanol–water partition coefficient (Wildman–Crippen LogP) is 4.67. The van der Waals surface area contributed by atoms with Crippen molar-refractivity contribution < 1.29 is 9.53 Å². The number of aryl methyl sites for hydroxylation is 1. The number of anilines is 1. The van der Waals surface area contributed by atoms with E-state index in [1.807, 2.05) is 18.2 Å². The number of thiophene rings is 1. The van der Waals surface area contributed by atoms with Gasteiger partial charge in [0.25, 0.3) is 5.91 Å². The topological polar surface area (TPSA) is 62.1 Å². The zero-order valence-corrected chi connectivity index (χ0v) is 15.7. The lowest BCUT2D eigenvalue weighted by Gasteiger charge is -2.14. The minimum Gasteiger partial charge on any atom is -0.481 e. The molecule has 2 aromatic rings. The highest BCUT2D eigenvalue weighted by Crippen LogP contribution is 2.37. The molecule has 1 heterocycles. The molecule has 0 saturated carbocycles. The third kappa shape index (κ3) is 3.63. The Bertz CT molecular complexity index is 810. The minimum absolute atomic E-state index is 0.245. The first kappa shape index (κ1) is 17.0. The normalized spacial score (nSPS) is 14.4. The maximum atomic E-state index is 12.4. The lowest BCUT2D eigenvalue weighted by atomic mass is 9.96. The first-order valence-corrected chi connectivity index (χ1v) is 9.47. The summed E-state index contributed by atoms with van der Waals surface area (Å²) in [5.74, 6) is 0.378. The lowest BCUT2D eigenvalue weighted by Crippen LogP contribution is -2.30. The first-order valence-electron chi connectivity index (χ1n) is 7.86. The summed E-state index contributed by atoms with van der Waals surface area (Å²) in [6, 6.07) is 9.62. The summed E-state index contributed by atoms with van der Waals surface area (Å²) in [6.45, 7) is 1.70. The fraction of sp³-hybridized carbons (Fsp3) is 0.333. The highest BCUT2D eigenvalue weighted by atomic mass is 79.9. The van der Waals surface area contributed by atoms with Crippen LogP contribution >= 0.6 is 27.3 Å². The highest BCUT2D eigenvalue weighted by molar-refractivity contribution is 9.10. The molecular formula is C18H17BrN2O2S. The van der Waals surface area contributed by atoms with Crippen molar-refractivity contribution in [1.82, 2.24) is 0 Å². The number of nitrogens with one attached hydrogen (secondary N) is 1. The highest BCUT2D eigenvalue weighted by Gasteiger charge is 2.23. The standard InChI is InChI=1S/C18H17BrN2O2S/c1-11(23-13-6-4-5-12(19)9-13)17(22)21-18-15(10-20)14-7-2-3-8-16(14)24-18/h4-6,9,11H,2-3,7-8H2,1H3,(H,21,22)/t11-/m1/s1. The van der Waals surface area contributed by atoms with Gasteiger partial charge in [0, 0.05) is 9.35 Å². The molecule has 0 radical (unpaired) electrons. The summed E-state index contributed by atoms with van der Waals surface area (Å²) in [4.78, 5) is 13.7. The van der Waals surface area contributed by atoms with Crippen LogP contribution in [0.15, 0.2) is 28.7 Å². The second-order valence-electron chi connectivity index (χ2n) is 5.73. The van der Waals surface area contributed by atoms with E-state index in [4.69, 9.17) is 4.74 Å². The van der Waals surface area contributed by atoms with E-state index in [0.717, 1.165) is 35.7 Å². The Morgan fingerprint density at radius 3 is 2.96 bits per heavy atom. The van der Waals surface area contributed by atoms with Crippen molar-refractivity contribution in [3.05, 3.63) is 44.7 Å². The number of rotatable bonds is 4. The van der Waals surface area contributed by atoms with Crippen LogP contribution in [0.3, 0.4) is 0 Å². The van der Waals surface area contributed by atoms with Gasteiger partial charge in [-0.05, 0) is 56.4 Å².